The van der Waals surface area contributed by atoms with Crippen LogP contribution in [0.5, 0.6) is 0 Å². The molecule has 0 atom stereocenters. The van der Waals surface area contributed by atoms with Crippen molar-refractivity contribution in [2.24, 2.45) is 5.92 Å². The highest BCUT2D eigenvalue weighted by Crippen LogP contribution is 2.18. The van der Waals surface area contributed by atoms with Gasteiger partial charge in [-0.25, -0.2) is 15.0 Å². The molecule has 1 fully saturated rings. The molecule has 1 N–H and O–H groups in total. The summed E-state index contributed by atoms with van der Waals surface area (Å²) < 4.78 is 5.37. The largest absolute Gasteiger partial charge is 0.381 e. The van der Waals surface area contributed by atoms with Crippen LogP contribution < -0.4 is 5.32 Å². The van der Waals surface area contributed by atoms with E-state index in [0.29, 0.717) is 5.92 Å². The molecule has 3 heterocycles. The van der Waals surface area contributed by atoms with Gasteiger partial charge in [0.2, 0.25) is 0 Å². The number of anilines is 1. The van der Waals surface area contributed by atoms with E-state index in [-0.39, 0.29) is 0 Å². The molecule has 3 rings (SSSR count). The smallest absolute Gasteiger partial charge is 0.126 e. The van der Waals surface area contributed by atoms with E-state index in [1.807, 2.05) is 24.3 Å². The number of aromatic nitrogens is 3. The first kappa shape index (κ1) is 13.0. The van der Waals surface area contributed by atoms with E-state index in [4.69, 9.17) is 4.74 Å². The second-order valence-electron chi connectivity index (χ2n) is 4.94. The van der Waals surface area contributed by atoms with Crippen molar-refractivity contribution in [2.75, 3.05) is 25.1 Å². The number of ether oxygens (including phenoxy) is 1. The lowest BCUT2D eigenvalue weighted by Gasteiger charge is -2.22. The third-order valence-electron chi connectivity index (χ3n) is 3.51. The zero-order chi connectivity index (χ0) is 13.6. The Labute approximate surface area is 118 Å². The SMILES string of the molecule is c1cc(NCC2CCOCC2)nc(-c2ccncn2)c1. The zero-order valence-corrected chi connectivity index (χ0v) is 11.3. The summed E-state index contributed by atoms with van der Waals surface area (Å²) in [6, 6.07) is 7.81. The van der Waals surface area contributed by atoms with Crippen molar-refractivity contribution in [3.63, 3.8) is 0 Å². The van der Waals surface area contributed by atoms with Gasteiger partial charge in [-0.15, -0.1) is 0 Å². The number of hydrogen-bond acceptors (Lipinski definition) is 5. The number of nitrogens with one attached hydrogen (secondary N) is 1. The summed E-state index contributed by atoms with van der Waals surface area (Å²) in [5.41, 5.74) is 1.71. The first-order valence-corrected chi connectivity index (χ1v) is 6.97. The molecule has 0 bridgehead atoms. The highest BCUT2D eigenvalue weighted by Gasteiger charge is 2.13. The van der Waals surface area contributed by atoms with Gasteiger partial charge in [0, 0.05) is 26.0 Å². The van der Waals surface area contributed by atoms with Crippen LogP contribution in [0.2, 0.25) is 0 Å². The molecule has 1 aliphatic heterocycles. The lowest BCUT2D eigenvalue weighted by molar-refractivity contribution is 0.0699. The summed E-state index contributed by atoms with van der Waals surface area (Å²) in [6.07, 6.45) is 5.52. The molecule has 1 aliphatic rings. The molecule has 0 aromatic carbocycles. The number of hydrogen-bond donors (Lipinski definition) is 1. The van der Waals surface area contributed by atoms with Crippen LogP contribution in [0.15, 0.2) is 36.8 Å². The van der Waals surface area contributed by atoms with Crippen molar-refractivity contribution < 1.29 is 4.74 Å². The van der Waals surface area contributed by atoms with Crippen LogP contribution in [0.25, 0.3) is 11.4 Å². The number of nitrogens with zero attached hydrogens (tertiary/aromatic N) is 3. The minimum absolute atomic E-state index is 0.674. The van der Waals surface area contributed by atoms with Gasteiger partial charge in [0.05, 0.1) is 11.4 Å². The molecule has 2 aromatic rings. The van der Waals surface area contributed by atoms with Crippen molar-refractivity contribution in [3.8, 4) is 11.4 Å². The minimum Gasteiger partial charge on any atom is -0.381 e. The van der Waals surface area contributed by atoms with E-state index in [1.54, 1.807) is 12.5 Å². The predicted molar refractivity (Wildman–Crippen MR) is 77.3 cm³/mol. The summed E-state index contributed by atoms with van der Waals surface area (Å²) in [6.45, 7) is 2.70. The van der Waals surface area contributed by atoms with Crippen LogP contribution in [0.1, 0.15) is 12.8 Å². The fourth-order valence-electron chi connectivity index (χ4n) is 2.32. The van der Waals surface area contributed by atoms with E-state index < -0.39 is 0 Å². The first-order valence-electron chi connectivity index (χ1n) is 6.97. The maximum Gasteiger partial charge on any atom is 0.126 e. The molecule has 2 aromatic heterocycles. The number of pyridine rings is 1. The van der Waals surface area contributed by atoms with Gasteiger partial charge in [0.1, 0.15) is 12.1 Å². The molecule has 5 nitrogen and oxygen atoms in total. The molecule has 0 radical (unpaired) electrons. The van der Waals surface area contributed by atoms with Gasteiger partial charge in [-0.05, 0) is 37.0 Å². The van der Waals surface area contributed by atoms with Crippen LogP contribution in [0.3, 0.4) is 0 Å². The molecule has 0 amide bonds. The molecule has 0 unspecified atom stereocenters. The molecular weight excluding hydrogens is 252 g/mol. The van der Waals surface area contributed by atoms with Crippen molar-refractivity contribution in [3.05, 3.63) is 36.8 Å². The van der Waals surface area contributed by atoms with Crippen LogP contribution >= 0.6 is 0 Å². The van der Waals surface area contributed by atoms with Gasteiger partial charge in [-0.3, -0.25) is 0 Å². The Morgan fingerprint density at radius 1 is 1.15 bits per heavy atom. The van der Waals surface area contributed by atoms with Crippen LogP contribution in [0.4, 0.5) is 5.82 Å². The molecule has 1 saturated heterocycles. The van der Waals surface area contributed by atoms with Crippen LogP contribution in [0, 0.1) is 5.92 Å². The van der Waals surface area contributed by atoms with Gasteiger partial charge in [-0.1, -0.05) is 6.07 Å². The molecular formula is C15H18N4O. The quantitative estimate of drug-likeness (QED) is 0.924. The van der Waals surface area contributed by atoms with E-state index in [0.717, 1.165) is 49.8 Å². The first-order chi connectivity index (χ1) is 9.92. The molecule has 0 spiro atoms. The van der Waals surface area contributed by atoms with E-state index in [9.17, 15) is 0 Å². The summed E-state index contributed by atoms with van der Waals surface area (Å²) in [5, 5.41) is 3.41. The highest BCUT2D eigenvalue weighted by molar-refractivity contribution is 5.56. The Kier molecular flexibility index (Phi) is 4.18. The fourth-order valence-corrected chi connectivity index (χ4v) is 2.32. The summed E-state index contributed by atoms with van der Waals surface area (Å²) in [7, 11) is 0. The molecule has 0 aliphatic carbocycles. The van der Waals surface area contributed by atoms with Gasteiger partial charge < -0.3 is 10.1 Å². The average Bonchev–Trinajstić information content (AvgIpc) is 2.55. The normalized spacial score (nSPS) is 16.0. The maximum atomic E-state index is 5.37. The Balaban J connectivity index is 1.65. The Morgan fingerprint density at radius 2 is 2.05 bits per heavy atom. The van der Waals surface area contributed by atoms with Crippen molar-refractivity contribution in [1.29, 1.82) is 0 Å². The van der Waals surface area contributed by atoms with Gasteiger partial charge in [0.25, 0.3) is 0 Å². The van der Waals surface area contributed by atoms with Gasteiger partial charge >= 0.3 is 0 Å². The topological polar surface area (TPSA) is 59.9 Å². The summed E-state index contributed by atoms with van der Waals surface area (Å²) in [5.74, 6) is 1.57. The zero-order valence-electron chi connectivity index (χ0n) is 11.3. The lowest BCUT2D eigenvalue weighted by atomic mass is 10.0. The molecule has 0 saturated carbocycles. The predicted octanol–water partition coefficient (Wildman–Crippen LogP) is 2.38. The second kappa shape index (κ2) is 6.43. The Hall–Kier alpha value is -2.01. The van der Waals surface area contributed by atoms with Gasteiger partial charge in [0.15, 0.2) is 0 Å². The van der Waals surface area contributed by atoms with Crippen molar-refractivity contribution >= 4 is 5.82 Å². The second-order valence-corrected chi connectivity index (χ2v) is 4.94. The molecule has 5 heteroatoms. The minimum atomic E-state index is 0.674. The molecule has 104 valence electrons. The Bertz CT molecular complexity index is 541. The van der Waals surface area contributed by atoms with E-state index >= 15 is 0 Å². The summed E-state index contributed by atoms with van der Waals surface area (Å²) >= 11 is 0. The summed E-state index contributed by atoms with van der Waals surface area (Å²) in [4.78, 5) is 12.7. The van der Waals surface area contributed by atoms with Gasteiger partial charge in [-0.2, -0.15) is 0 Å². The highest BCUT2D eigenvalue weighted by atomic mass is 16.5. The van der Waals surface area contributed by atoms with Crippen LogP contribution in [-0.4, -0.2) is 34.7 Å². The van der Waals surface area contributed by atoms with Crippen LogP contribution in [-0.2, 0) is 4.74 Å². The standard InChI is InChI=1S/C15H18N4O/c1-2-14(13-4-7-16-11-18-13)19-15(3-1)17-10-12-5-8-20-9-6-12/h1-4,7,11-12H,5-6,8-10H2,(H,17,19). The van der Waals surface area contributed by atoms with E-state index in [1.165, 1.54) is 0 Å². The molecule has 20 heavy (non-hydrogen) atoms. The van der Waals surface area contributed by atoms with E-state index in [2.05, 4.69) is 20.3 Å². The third-order valence-corrected chi connectivity index (χ3v) is 3.51. The average molecular weight is 270 g/mol. The lowest BCUT2D eigenvalue weighted by Crippen LogP contribution is -2.22. The monoisotopic (exact) mass is 270 g/mol. The van der Waals surface area contributed by atoms with Crippen molar-refractivity contribution in [2.45, 2.75) is 12.8 Å². The Morgan fingerprint density at radius 3 is 2.85 bits per heavy atom. The third kappa shape index (κ3) is 3.30. The maximum absolute atomic E-state index is 5.37. The fraction of sp³-hybridized carbons (Fsp3) is 0.400. The van der Waals surface area contributed by atoms with Crippen molar-refractivity contribution in [1.82, 2.24) is 15.0 Å². The number of rotatable bonds is 4.